The molecule has 2 amide bonds. The Morgan fingerprint density at radius 1 is 1.13 bits per heavy atom. The Labute approximate surface area is 191 Å². The Morgan fingerprint density at radius 2 is 1.77 bits per heavy atom. The number of carbonyl (C=O) groups is 2. The number of para-hydroxylation sites is 1. The average Bonchev–Trinajstić information content (AvgIpc) is 2.73. The van der Waals surface area contributed by atoms with Gasteiger partial charge < -0.3 is 10.2 Å². The molecule has 0 spiro atoms. The van der Waals surface area contributed by atoms with Crippen LogP contribution in [0.4, 0.5) is 5.69 Å². The maximum absolute atomic E-state index is 13.2. The summed E-state index contributed by atoms with van der Waals surface area (Å²) in [5, 5.41) is 14.9. The minimum Gasteiger partial charge on any atom is -0.354 e. The SMILES string of the molecule is CCCCNC(=O)[C@H](C)N(Cc1c(Cl)cccc1Cl)C(=O)Cc1ccccc1[N+](=O)[O-]. The van der Waals surface area contributed by atoms with Crippen LogP contribution in [0.15, 0.2) is 42.5 Å². The van der Waals surface area contributed by atoms with Crippen LogP contribution in [0.1, 0.15) is 37.8 Å². The van der Waals surface area contributed by atoms with Gasteiger partial charge in [0.15, 0.2) is 0 Å². The molecule has 0 saturated heterocycles. The van der Waals surface area contributed by atoms with Gasteiger partial charge in [-0.15, -0.1) is 0 Å². The highest BCUT2D eigenvalue weighted by Gasteiger charge is 2.28. The molecule has 31 heavy (non-hydrogen) atoms. The molecule has 0 heterocycles. The molecule has 0 saturated carbocycles. The number of halogens is 2. The summed E-state index contributed by atoms with van der Waals surface area (Å²) in [5.74, 6) is -0.754. The van der Waals surface area contributed by atoms with Crippen molar-refractivity contribution < 1.29 is 14.5 Å². The van der Waals surface area contributed by atoms with E-state index in [-0.39, 0.29) is 30.1 Å². The largest absolute Gasteiger partial charge is 0.354 e. The lowest BCUT2D eigenvalue weighted by Gasteiger charge is -2.29. The lowest BCUT2D eigenvalue weighted by Crippen LogP contribution is -2.48. The van der Waals surface area contributed by atoms with Gasteiger partial charge in [-0.05, 0) is 25.5 Å². The summed E-state index contributed by atoms with van der Waals surface area (Å²) in [7, 11) is 0. The molecule has 7 nitrogen and oxygen atoms in total. The predicted octanol–water partition coefficient (Wildman–Crippen LogP) is 4.78. The number of nitrogens with zero attached hydrogens (tertiary/aromatic N) is 2. The number of unbranched alkanes of at least 4 members (excludes halogenated alkanes) is 1. The van der Waals surface area contributed by atoms with Crippen LogP contribution in [-0.4, -0.2) is 34.2 Å². The maximum atomic E-state index is 13.2. The fraction of sp³-hybridized carbons (Fsp3) is 0.364. The fourth-order valence-corrected chi connectivity index (χ4v) is 3.59. The van der Waals surface area contributed by atoms with E-state index in [0.717, 1.165) is 12.8 Å². The normalized spacial score (nSPS) is 11.6. The second-order valence-electron chi connectivity index (χ2n) is 7.11. The zero-order valence-electron chi connectivity index (χ0n) is 17.4. The van der Waals surface area contributed by atoms with E-state index in [1.165, 1.54) is 23.1 Å². The van der Waals surface area contributed by atoms with Gasteiger partial charge >= 0.3 is 0 Å². The van der Waals surface area contributed by atoms with Gasteiger partial charge in [0.1, 0.15) is 6.04 Å². The van der Waals surface area contributed by atoms with Crippen LogP contribution < -0.4 is 5.32 Å². The van der Waals surface area contributed by atoms with Gasteiger partial charge in [0.2, 0.25) is 11.8 Å². The molecule has 0 aliphatic rings. The van der Waals surface area contributed by atoms with Crippen molar-refractivity contribution in [1.82, 2.24) is 10.2 Å². The lowest BCUT2D eigenvalue weighted by atomic mass is 10.1. The molecule has 2 aromatic rings. The van der Waals surface area contributed by atoms with Crippen LogP contribution in [-0.2, 0) is 22.6 Å². The molecule has 0 bridgehead atoms. The molecular weight excluding hydrogens is 441 g/mol. The number of nitrogens with one attached hydrogen (secondary N) is 1. The van der Waals surface area contributed by atoms with Crippen LogP contribution >= 0.6 is 23.2 Å². The Hall–Kier alpha value is -2.64. The molecule has 1 atom stereocenters. The van der Waals surface area contributed by atoms with Gasteiger partial charge in [0.05, 0.1) is 11.3 Å². The fourth-order valence-electron chi connectivity index (χ4n) is 3.08. The quantitative estimate of drug-likeness (QED) is 0.310. The van der Waals surface area contributed by atoms with Crippen LogP contribution in [0.25, 0.3) is 0 Å². The summed E-state index contributed by atoms with van der Waals surface area (Å²) >= 11 is 12.6. The summed E-state index contributed by atoms with van der Waals surface area (Å²) in [4.78, 5) is 38.0. The second kappa shape index (κ2) is 11.7. The number of benzene rings is 2. The van der Waals surface area contributed by atoms with Crippen molar-refractivity contribution in [2.45, 2.75) is 45.7 Å². The topological polar surface area (TPSA) is 92.6 Å². The van der Waals surface area contributed by atoms with E-state index in [9.17, 15) is 19.7 Å². The number of nitro benzene ring substituents is 1. The first kappa shape index (κ1) is 24.6. The van der Waals surface area contributed by atoms with E-state index in [1.807, 2.05) is 6.92 Å². The Bertz CT molecular complexity index is 932. The van der Waals surface area contributed by atoms with Crippen molar-refractivity contribution in [3.63, 3.8) is 0 Å². The molecule has 0 aliphatic heterocycles. The van der Waals surface area contributed by atoms with Gasteiger partial charge in [-0.1, -0.05) is 60.8 Å². The summed E-state index contributed by atoms with van der Waals surface area (Å²) in [5.41, 5.74) is 0.632. The number of hydrogen-bond donors (Lipinski definition) is 1. The van der Waals surface area contributed by atoms with E-state index in [0.29, 0.717) is 22.2 Å². The third-order valence-corrected chi connectivity index (χ3v) is 5.63. The number of nitro groups is 1. The Morgan fingerprint density at radius 3 is 2.39 bits per heavy atom. The van der Waals surface area contributed by atoms with Crippen LogP contribution in [0.3, 0.4) is 0 Å². The van der Waals surface area contributed by atoms with Crippen molar-refractivity contribution in [3.8, 4) is 0 Å². The first-order valence-corrected chi connectivity index (χ1v) is 10.7. The third kappa shape index (κ3) is 6.67. The molecule has 2 aromatic carbocycles. The first-order chi connectivity index (χ1) is 14.8. The van der Waals surface area contributed by atoms with E-state index in [1.54, 1.807) is 31.2 Å². The van der Waals surface area contributed by atoms with E-state index in [4.69, 9.17) is 23.2 Å². The third-order valence-electron chi connectivity index (χ3n) is 4.92. The molecule has 0 radical (unpaired) electrons. The number of carbonyl (C=O) groups excluding carboxylic acids is 2. The summed E-state index contributed by atoms with van der Waals surface area (Å²) in [6.45, 7) is 4.12. The molecule has 2 rings (SSSR count). The van der Waals surface area contributed by atoms with E-state index in [2.05, 4.69) is 5.32 Å². The van der Waals surface area contributed by atoms with Crippen molar-refractivity contribution in [3.05, 3.63) is 73.8 Å². The van der Waals surface area contributed by atoms with Crippen LogP contribution in [0.5, 0.6) is 0 Å². The highest BCUT2D eigenvalue weighted by atomic mass is 35.5. The standard InChI is InChI=1S/C22H25Cl2N3O4/c1-3-4-12-25-22(29)15(2)26(14-17-18(23)9-7-10-19(17)24)21(28)13-16-8-5-6-11-20(16)27(30)31/h5-11,15H,3-4,12-14H2,1-2H3,(H,25,29)/t15-/m0/s1. The van der Waals surface area contributed by atoms with E-state index >= 15 is 0 Å². The van der Waals surface area contributed by atoms with Crippen molar-refractivity contribution in [1.29, 1.82) is 0 Å². The molecule has 1 N–H and O–H groups in total. The van der Waals surface area contributed by atoms with Crippen molar-refractivity contribution in [2.24, 2.45) is 0 Å². The molecule has 0 aliphatic carbocycles. The minimum absolute atomic E-state index is 0.000333. The summed E-state index contributed by atoms with van der Waals surface area (Å²) in [6, 6.07) is 10.2. The molecule has 9 heteroatoms. The monoisotopic (exact) mass is 465 g/mol. The van der Waals surface area contributed by atoms with Crippen molar-refractivity contribution >= 4 is 40.7 Å². The van der Waals surface area contributed by atoms with Gasteiger partial charge in [0, 0.05) is 40.3 Å². The van der Waals surface area contributed by atoms with Gasteiger partial charge in [-0.3, -0.25) is 19.7 Å². The highest BCUT2D eigenvalue weighted by molar-refractivity contribution is 6.36. The van der Waals surface area contributed by atoms with Gasteiger partial charge in [-0.2, -0.15) is 0 Å². The summed E-state index contributed by atoms with van der Waals surface area (Å²) in [6.07, 6.45) is 1.51. The maximum Gasteiger partial charge on any atom is 0.273 e. The van der Waals surface area contributed by atoms with Crippen molar-refractivity contribution in [2.75, 3.05) is 6.54 Å². The predicted molar refractivity (Wildman–Crippen MR) is 121 cm³/mol. The average molecular weight is 466 g/mol. The zero-order valence-corrected chi connectivity index (χ0v) is 18.9. The van der Waals surface area contributed by atoms with Crippen LogP contribution in [0.2, 0.25) is 10.0 Å². The number of hydrogen-bond acceptors (Lipinski definition) is 4. The minimum atomic E-state index is -0.820. The Kier molecular flexibility index (Phi) is 9.27. The lowest BCUT2D eigenvalue weighted by molar-refractivity contribution is -0.385. The Balaban J connectivity index is 2.33. The first-order valence-electron chi connectivity index (χ1n) is 9.98. The molecule has 0 unspecified atom stereocenters. The highest BCUT2D eigenvalue weighted by Crippen LogP contribution is 2.27. The molecule has 0 fully saturated rings. The van der Waals surface area contributed by atoms with E-state index < -0.39 is 16.9 Å². The van der Waals surface area contributed by atoms with Crippen LogP contribution in [0, 0.1) is 10.1 Å². The second-order valence-corrected chi connectivity index (χ2v) is 7.92. The van der Waals surface area contributed by atoms with Gasteiger partial charge in [0.25, 0.3) is 5.69 Å². The molecule has 166 valence electrons. The molecular formula is C22H25Cl2N3O4. The number of rotatable bonds is 10. The zero-order chi connectivity index (χ0) is 23.0. The number of amides is 2. The summed E-state index contributed by atoms with van der Waals surface area (Å²) < 4.78 is 0. The smallest absolute Gasteiger partial charge is 0.273 e. The van der Waals surface area contributed by atoms with Gasteiger partial charge in [-0.25, -0.2) is 0 Å². The molecule has 0 aromatic heterocycles.